The van der Waals surface area contributed by atoms with Gasteiger partial charge in [0.05, 0.1) is 0 Å². The van der Waals surface area contributed by atoms with Crippen LogP contribution in [0.15, 0.2) is 21.7 Å². The van der Waals surface area contributed by atoms with Crippen LogP contribution in [0, 0.1) is 11.8 Å². The van der Waals surface area contributed by atoms with Crippen molar-refractivity contribution in [3.05, 3.63) is 17.5 Å². The average molecular weight is 261 g/mol. The van der Waals surface area contributed by atoms with Crippen molar-refractivity contribution in [1.82, 2.24) is 4.72 Å². The first-order chi connectivity index (χ1) is 7.34. The SMILES string of the molecule is CC(C)C(NS(=O)(=O)c1cccs1)C(C)C. The molecule has 0 spiro atoms. The minimum absolute atomic E-state index is 0.0212. The lowest BCUT2D eigenvalue weighted by atomic mass is 9.94. The molecular formula is C11H19NO2S2. The second-order valence-electron chi connectivity index (χ2n) is 4.57. The minimum atomic E-state index is -3.34. The van der Waals surface area contributed by atoms with E-state index in [0.717, 1.165) is 0 Å². The van der Waals surface area contributed by atoms with E-state index in [4.69, 9.17) is 0 Å². The highest BCUT2D eigenvalue weighted by Gasteiger charge is 2.25. The van der Waals surface area contributed by atoms with Crippen molar-refractivity contribution >= 4 is 21.4 Å². The van der Waals surface area contributed by atoms with Crippen molar-refractivity contribution in [3.8, 4) is 0 Å². The third kappa shape index (κ3) is 3.30. The van der Waals surface area contributed by atoms with Gasteiger partial charge >= 0.3 is 0 Å². The summed E-state index contributed by atoms with van der Waals surface area (Å²) in [6, 6.07) is 3.36. The lowest BCUT2D eigenvalue weighted by Gasteiger charge is -2.25. The maximum Gasteiger partial charge on any atom is 0.250 e. The van der Waals surface area contributed by atoms with Gasteiger partial charge in [-0.2, -0.15) is 0 Å². The highest BCUT2D eigenvalue weighted by molar-refractivity contribution is 7.91. The molecule has 0 saturated carbocycles. The standard InChI is InChI=1S/C11H19NO2S2/c1-8(2)11(9(3)4)12-16(13,14)10-6-5-7-15-10/h5-9,11-12H,1-4H3. The summed E-state index contributed by atoms with van der Waals surface area (Å²) in [5, 5.41) is 1.77. The van der Waals surface area contributed by atoms with Crippen molar-refractivity contribution in [1.29, 1.82) is 0 Å². The van der Waals surface area contributed by atoms with E-state index >= 15 is 0 Å². The second kappa shape index (κ2) is 5.29. The number of sulfonamides is 1. The molecule has 0 aliphatic heterocycles. The number of hydrogen-bond donors (Lipinski definition) is 1. The third-order valence-corrected chi connectivity index (χ3v) is 5.34. The van der Waals surface area contributed by atoms with Gasteiger partial charge in [0.25, 0.3) is 0 Å². The molecule has 0 amide bonds. The molecule has 0 saturated heterocycles. The summed E-state index contributed by atoms with van der Waals surface area (Å²) < 4.78 is 27.2. The van der Waals surface area contributed by atoms with E-state index in [9.17, 15) is 8.42 Å². The van der Waals surface area contributed by atoms with E-state index in [1.807, 2.05) is 27.7 Å². The van der Waals surface area contributed by atoms with Gasteiger partial charge in [0, 0.05) is 6.04 Å². The van der Waals surface area contributed by atoms with E-state index in [1.54, 1.807) is 17.5 Å². The summed E-state index contributed by atoms with van der Waals surface area (Å²) in [6.07, 6.45) is 0. The van der Waals surface area contributed by atoms with Crippen molar-refractivity contribution in [2.45, 2.75) is 37.9 Å². The Kier molecular flexibility index (Phi) is 4.52. The molecule has 1 aromatic heterocycles. The van der Waals surface area contributed by atoms with Crippen LogP contribution in [0.1, 0.15) is 27.7 Å². The lowest BCUT2D eigenvalue weighted by molar-refractivity contribution is 0.356. The largest absolute Gasteiger partial charge is 0.250 e. The van der Waals surface area contributed by atoms with Crippen LogP contribution in [-0.2, 0) is 10.0 Å². The molecule has 0 aliphatic carbocycles. The summed E-state index contributed by atoms with van der Waals surface area (Å²) in [4.78, 5) is 0. The zero-order chi connectivity index (χ0) is 12.3. The first-order valence-electron chi connectivity index (χ1n) is 5.40. The Balaban J connectivity index is 2.87. The van der Waals surface area contributed by atoms with Gasteiger partial charge in [-0.15, -0.1) is 11.3 Å². The molecule has 1 aromatic rings. The van der Waals surface area contributed by atoms with Gasteiger partial charge in [-0.05, 0) is 23.3 Å². The molecule has 0 aromatic carbocycles. The summed E-state index contributed by atoms with van der Waals surface area (Å²) in [6.45, 7) is 8.12. The van der Waals surface area contributed by atoms with Crippen LogP contribution in [-0.4, -0.2) is 14.5 Å². The van der Waals surface area contributed by atoms with E-state index in [0.29, 0.717) is 4.21 Å². The smallest absolute Gasteiger partial charge is 0.207 e. The summed E-state index contributed by atoms with van der Waals surface area (Å²) in [5.41, 5.74) is 0. The van der Waals surface area contributed by atoms with E-state index in [1.165, 1.54) is 11.3 Å². The quantitative estimate of drug-likeness (QED) is 0.886. The first-order valence-corrected chi connectivity index (χ1v) is 7.76. The Morgan fingerprint density at radius 3 is 2.12 bits per heavy atom. The fraction of sp³-hybridized carbons (Fsp3) is 0.636. The zero-order valence-electron chi connectivity index (χ0n) is 10.1. The van der Waals surface area contributed by atoms with Crippen molar-refractivity contribution < 1.29 is 8.42 Å². The molecule has 3 nitrogen and oxygen atoms in total. The van der Waals surface area contributed by atoms with Gasteiger partial charge in [0.2, 0.25) is 10.0 Å². The predicted octanol–water partition coefficient (Wildman–Crippen LogP) is 2.71. The van der Waals surface area contributed by atoms with Gasteiger partial charge in [0.15, 0.2) is 0 Å². The van der Waals surface area contributed by atoms with E-state index in [-0.39, 0.29) is 17.9 Å². The van der Waals surface area contributed by atoms with E-state index < -0.39 is 10.0 Å². The second-order valence-corrected chi connectivity index (χ2v) is 7.46. The Bertz CT molecular complexity index is 399. The molecule has 0 fully saturated rings. The minimum Gasteiger partial charge on any atom is -0.207 e. The van der Waals surface area contributed by atoms with Gasteiger partial charge in [-0.25, -0.2) is 13.1 Å². The molecule has 1 heterocycles. The summed E-state index contributed by atoms with van der Waals surface area (Å²) in [5.74, 6) is 0.574. The van der Waals surface area contributed by atoms with Crippen LogP contribution in [0.3, 0.4) is 0 Å². The molecule has 1 N–H and O–H groups in total. The third-order valence-electron chi connectivity index (χ3n) is 2.49. The molecule has 0 bridgehead atoms. The van der Waals surface area contributed by atoms with E-state index in [2.05, 4.69) is 4.72 Å². The molecule has 16 heavy (non-hydrogen) atoms. The van der Waals surface area contributed by atoms with Crippen LogP contribution in [0.2, 0.25) is 0 Å². The van der Waals surface area contributed by atoms with Gasteiger partial charge in [-0.1, -0.05) is 33.8 Å². The summed E-state index contributed by atoms with van der Waals surface area (Å²) >= 11 is 1.24. The molecule has 0 unspecified atom stereocenters. The van der Waals surface area contributed by atoms with Crippen LogP contribution in [0.25, 0.3) is 0 Å². The topological polar surface area (TPSA) is 46.2 Å². The van der Waals surface area contributed by atoms with Crippen LogP contribution in [0.4, 0.5) is 0 Å². The number of thiophene rings is 1. The monoisotopic (exact) mass is 261 g/mol. The van der Waals surface area contributed by atoms with Crippen molar-refractivity contribution in [2.75, 3.05) is 0 Å². The van der Waals surface area contributed by atoms with Gasteiger partial charge in [-0.3, -0.25) is 0 Å². The molecule has 0 aliphatic rings. The highest BCUT2D eigenvalue weighted by Crippen LogP contribution is 2.19. The fourth-order valence-corrected chi connectivity index (χ4v) is 4.24. The molecule has 5 heteroatoms. The number of hydrogen-bond acceptors (Lipinski definition) is 3. The Morgan fingerprint density at radius 1 is 1.19 bits per heavy atom. The molecular weight excluding hydrogens is 242 g/mol. The predicted molar refractivity (Wildman–Crippen MR) is 68.1 cm³/mol. The van der Waals surface area contributed by atoms with Crippen LogP contribution in [0.5, 0.6) is 0 Å². The molecule has 0 atom stereocenters. The van der Waals surface area contributed by atoms with Gasteiger partial charge < -0.3 is 0 Å². The normalized spacial score (nSPS) is 12.9. The average Bonchev–Trinajstić information content (AvgIpc) is 2.66. The Morgan fingerprint density at radius 2 is 1.75 bits per heavy atom. The van der Waals surface area contributed by atoms with Crippen LogP contribution >= 0.6 is 11.3 Å². The van der Waals surface area contributed by atoms with Crippen molar-refractivity contribution in [2.24, 2.45) is 11.8 Å². The maximum atomic E-state index is 12.0. The lowest BCUT2D eigenvalue weighted by Crippen LogP contribution is -2.41. The molecule has 0 radical (unpaired) electrons. The fourth-order valence-electron chi connectivity index (χ4n) is 1.70. The molecule has 92 valence electrons. The van der Waals surface area contributed by atoms with Gasteiger partial charge in [0.1, 0.15) is 4.21 Å². The number of rotatable bonds is 5. The number of nitrogens with one attached hydrogen (secondary N) is 1. The first kappa shape index (κ1) is 13.7. The Hall–Kier alpha value is -0.390. The highest BCUT2D eigenvalue weighted by atomic mass is 32.2. The maximum absolute atomic E-state index is 12.0. The Labute approximate surface area is 102 Å². The van der Waals surface area contributed by atoms with Crippen molar-refractivity contribution in [3.63, 3.8) is 0 Å². The van der Waals surface area contributed by atoms with Crippen LogP contribution < -0.4 is 4.72 Å². The summed E-state index contributed by atoms with van der Waals surface area (Å²) in [7, 11) is -3.34. The zero-order valence-corrected chi connectivity index (χ0v) is 11.7. The molecule has 1 rings (SSSR count).